The van der Waals surface area contributed by atoms with Crippen molar-refractivity contribution in [3.8, 4) is 0 Å². The molecule has 1 heterocycles. The average Bonchev–Trinajstić information content (AvgIpc) is 2.94. The molecular weight excluding hydrogens is 360 g/mol. The van der Waals surface area contributed by atoms with Crippen LogP contribution in [0.4, 0.5) is 5.69 Å². The highest BCUT2D eigenvalue weighted by Crippen LogP contribution is 2.27. The van der Waals surface area contributed by atoms with E-state index >= 15 is 0 Å². The molecule has 3 amide bonds. The lowest BCUT2D eigenvalue weighted by Gasteiger charge is -2.25. The summed E-state index contributed by atoms with van der Waals surface area (Å²) in [6.45, 7) is 2.01. The van der Waals surface area contributed by atoms with Gasteiger partial charge in [0.05, 0.1) is 11.1 Å². The summed E-state index contributed by atoms with van der Waals surface area (Å²) in [5.74, 6) is -0.471. The highest BCUT2D eigenvalue weighted by Gasteiger charge is 2.42. The number of carbonyl (C=O) groups excluding carboxylic acids is 3. The van der Waals surface area contributed by atoms with Crippen LogP contribution in [0.5, 0.6) is 0 Å². The van der Waals surface area contributed by atoms with E-state index in [1.54, 1.807) is 36.0 Å². The molecule has 1 atom stereocenters. The van der Waals surface area contributed by atoms with Crippen molar-refractivity contribution in [1.82, 2.24) is 4.90 Å². The van der Waals surface area contributed by atoms with Crippen LogP contribution in [-0.4, -0.2) is 40.7 Å². The number of nitrogens with one attached hydrogen (secondary N) is 1. The van der Waals surface area contributed by atoms with E-state index in [-0.39, 0.29) is 5.91 Å². The Morgan fingerprint density at radius 1 is 1.04 bits per heavy atom. The molecule has 0 radical (unpaired) electrons. The SMILES string of the molecule is CCc1ccccc1NC(=O)[C@H](CCSC)N1C(=O)c2ccccc2C1=O. The van der Waals surface area contributed by atoms with Crippen LogP contribution in [0.3, 0.4) is 0 Å². The number of imide groups is 1. The third-order valence-corrected chi connectivity index (χ3v) is 5.34. The molecule has 3 rings (SSSR count). The van der Waals surface area contributed by atoms with Gasteiger partial charge in [0.1, 0.15) is 6.04 Å². The van der Waals surface area contributed by atoms with Crippen LogP contribution < -0.4 is 5.32 Å². The molecular formula is C21H22N2O3S. The number of amides is 3. The van der Waals surface area contributed by atoms with Crippen LogP contribution in [0, 0.1) is 0 Å². The van der Waals surface area contributed by atoms with Gasteiger partial charge in [-0.05, 0) is 48.6 Å². The highest BCUT2D eigenvalue weighted by atomic mass is 32.2. The van der Waals surface area contributed by atoms with Crippen LogP contribution in [0.15, 0.2) is 48.5 Å². The summed E-state index contributed by atoms with van der Waals surface area (Å²) < 4.78 is 0. The smallest absolute Gasteiger partial charge is 0.262 e. The summed E-state index contributed by atoms with van der Waals surface area (Å²) >= 11 is 1.58. The van der Waals surface area contributed by atoms with Gasteiger partial charge < -0.3 is 5.32 Å². The molecule has 0 saturated carbocycles. The molecule has 0 aliphatic carbocycles. The second-order valence-electron chi connectivity index (χ2n) is 6.32. The number of para-hydroxylation sites is 1. The van der Waals surface area contributed by atoms with Crippen LogP contribution >= 0.6 is 11.8 Å². The van der Waals surface area contributed by atoms with Crippen LogP contribution in [0.2, 0.25) is 0 Å². The number of hydrogen-bond acceptors (Lipinski definition) is 4. The summed E-state index contributed by atoms with van der Waals surface area (Å²) in [5.41, 5.74) is 2.45. The van der Waals surface area contributed by atoms with Gasteiger partial charge in [-0.2, -0.15) is 11.8 Å². The highest BCUT2D eigenvalue weighted by molar-refractivity contribution is 7.98. The first kappa shape index (κ1) is 19.2. The number of hydrogen-bond donors (Lipinski definition) is 1. The zero-order valence-electron chi connectivity index (χ0n) is 15.4. The molecule has 0 unspecified atom stereocenters. The number of rotatable bonds is 7. The Hall–Kier alpha value is -2.60. The Morgan fingerprint density at radius 2 is 1.63 bits per heavy atom. The van der Waals surface area contributed by atoms with E-state index in [2.05, 4.69) is 5.32 Å². The third-order valence-electron chi connectivity index (χ3n) is 4.69. The summed E-state index contributed by atoms with van der Waals surface area (Å²) in [4.78, 5) is 39.8. The molecule has 0 bridgehead atoms. The lowest BCUT2D eigenvalue weighted by molar-refractivity contribution is -0.120. The average molecular weight is 382 g/mol. The molecule has 27 heavy (non-hydrogen) atoms. The molecule has 0 aromatic heterocycles. The van der Waals surface area contributed by atoms with Crippen LogP contribution in [0.25, 0.3) is 0 Å². The molecule has 1 aliphatic rings. The molecule has 1 aliphatic heterocycles. The second-order valence-corrected chi connectivity index (χ2v) is 7.31. The number of fused-ring (bicyclic) bond motifs is 1. The van der Waals surface area contributed by atoms with Crippen molar-refractivity contribution in [1.29, 1.82) is 0 Å². The normalized spacial score (nSPS) is 14.2. The monoisotopic (exact) mass is 382 g/mol. The van der Waals surface area contributed by atoms with Gasteiger partial charge in [-0.15, -0.1) is 0 Å². The van der Waals surface area contributed by atoms with E-state index in [4.69, 9.17) is 0 Å². The predicted octanol–water partition coefficient (Wildman–Crippen LogP) is 3.61. The minimum atomic E-state index is -0.838. The topological polar surface area (TPSA) is 66.5 Å². The fourth-order valence-corrected chi connectivity index (χ4v) is 3.72. The summed E-state index contributed by atoms with van der Waals surface area (Å²) in [5, 5.41) is 2.92. The first-order valence-electron chi connectivity index (χ1n) is 8.93. The van der Waals surface area contributed by atoms with E-state index in [9.17, 15) is 14.4 Å². The van der Waals surface area contributed by atoms with Crippen LogP contribution in [0.1, 0.15) is 39.6 Å². The van der Waals surface area contributed by atoms with Crippen molar-refractivity contribution >= 4 is 35.2 Å². The zero-order valence-corrected chi connectivity index (χ0v) is 16.2. The van der Waals surface area contributed by atoms with E-state index < -0.39 is 17.9 Å². The molecule has 1 N–H and O–H groups in total. The minimum absolute atomic E-state index is 0.334. The van der Waals surface area contributed by atoms with Crippen molar-refractivity contribution in [2.75, 3.05) is 17.3 Å². The van der Waals surface area contributed by atoms with Crippen molar-refractivity contribution < 1.29 is 14.4 Å². The Balaban J connectivity index is 1.89. The number of aryl methyl sites for hydroxylation is 1. The first-order valence-corrected chi connectivity index (χ1v) is 10.3. The van der Waals surface area contributed by atoms with E-state index in [1.807, 2.05) is 37.4 Å². The maximum atomic E-state index is 13.0. The van der Waals surface area contributed by atoms with Gasteiger partial charge in [0.25, 0.3) is 11.8 Å². The van der Waals surface area contributed by atoms with E-state index in [0.29, 0.717) is 23.3 Å². The van der Waals surface area contributed by atoms with Crippen molar-refractivity contribution in [3.63, 3.8) is 0 Å². The van der Waals surface area contributed by atoms with Crippen molar-refractivity contribution in [2.24, 2.45) is 0 Å². The van der Waals surface area contributed by atoms with Crippen LogP contribution in [-0.2, 0) is 11.2 Å². The van der Waals surface area contributed by atoms with E-state index in [0.717, 1.165) is 22.6 Å². The van der Waals surface area contributed by atoms with E-state index in [1.165, 1.54) is 0 Å². The summed E-state index contributed by atoms with van der Waals surface area (Å²) in [6, 6.07) is 13.4. The lowest BCUT2D eigenvalue weighted by Crippen LogP contribution is -2.47. The number of anilines is 1. The number of benzene rings is 2. The fraction of sp³-hybridized carbons (Fsp3) is 0.286. The summed E-state index contributed by atoms with van der Waals surface area (Å²) in [7, 11) is 0. The fourth-order valence-electron chi connectivity index (χ4n) is 3.26. The summed E-state index contributed by atoms with van der Waals surface area (Å²) in [6.07, 6.45) is 3.12. The molecule has 0 saturated heterocycles. The van der Waals surface area contributed by atoms with Crippen molar-refractivity contribution in [3.05, 3.63) is 65.2 Å². The number of thioether (sulfide) groups is 1. The quantitative estimate of drug-likeness (QED) is 0.743. The van der Waals surface area contributed by atoms with Gasteiger partial charge >= 0.3 is 0 Å². The van der Waals surface area contributed by atoms with Gasteiger partial charge in [0.15, 0.2) is 0 Å². The zero-order chi connectivity index (χ0) is 19.4. The molecule has 6 heteroatoms. The van der Waals surface area contributed by atoms with Gasteiger partial charge in [-0.25, -0.2) is 0 Å². The number of carbonyl (C=O) groups is 3. The Labute approximate surface area is 163 Å². The molecule has 2 aromatic rings. The minimum Gasteiger partial charge on any atom is -0.324 e. The lowest BCUT2D eigenvalue weighted by atomic mass is 10.1. The van der Waals surface area contributed by atoms with Gasteiger partial charge in [-0.3, -0.25) is 19.3 Å². The molecule has 2 aromatic carbocycles. The Morgan fingerprint density at radius 3 is 2.22 bits per heavy atom. The maximum absolute atomic E-state index is 13.0. The van der Waals surface area contributed by atoms with Gasteiger partial charge in [0, 0.05) is 5.69 Å². The largest absolute Gasteiger partial charge is 0.324 e. The second kappa shape index (κ2) is 8.39. The molecule has 5 nitrogen and oxygen atoms in total. The predicted molar refractivity (Wildman–Crippen MR) is 108 cm³/mol. The third kappa shape index (κ3) is 3.76. The van der Waals surface area contributed by atoms with Crippen molar-refractivity contribution in [2.45, 2.75) is 25.8 Å². The molecule has 140 valence electrons. The molecule has 0 spiro atoms. The standard InChI is InChI=1S/C21H22N2O3S/c1-3-14-8-4-7-11-17(14)22-19(24)18(12-13-27-2)23-20(25)15-9-5-6-10-16(15)21(23)26/h4-11,18H,3,12-13H2,1-2H3,(H,22,24)/t18-/m0/s1. The Bertz CT molecular complexity index is 846. The van der Waals surface area contributed by atoms with Gasteiger partial charge in [0.2, 0.25) is 5.91 Å². The number of nitrogens with zero attached hydrogens (tertiary/aromatic N) is 1. The van der Waals surface area contributed by atoms with Gasteiger partial charge in [-0.1, -0.05) is 37.3 Å². The Kier molecular flexibility index (Phi) is 5.96. The first-order chi connectivity index (χ1) is 13.1. The molecule has 0 fully saturated rings. The maximum Gasteiger partial charge on any atom is 0.262 e.